The summed E-state index contributed by atoms with van der Waals surface area (Å²) in [6.07, 6.45) is 4.20. The van der Waals surface area contributed by atoms with Crippen LogP contribution in [-0.4, -0.2) is 38.3 Å². The molecule has 0 radical (unpaired) electrons. The van der Waals surface area contributed by atoms with Crippen LogP contribution in [0, 0.1) is 6.92 Å². The summed E-state index contributed by atoms with van der Waals surface area (Å²) >= 11 is 7.52. The first-order valence-corrected chi connectivity index (χ1v) is 13.0. The van der Waals surface area contributed by atoms with E-state index in [0.717, 1.165) is 53.2 Å². The van der Waals surface area contributed by atoms with E-state index in [1.54, 1.807) is 4.90 Å². The van der Waals surface area contributed by atoms with Gasteiger partial charge >= 0.3 is 0 Å². The maximum Gasteiger partial charge on any atom is 0.247 e. The lowest BCUT2D eigenvalue weighted by molar-refractivity contribution is -0.140. The van der Waals surface area contributed by atoms with E-state index in [1.807, 2.05) is 66.2 Å². The van der Waals surface area contributed by atoms with Crippen LogP contribution in [0.15, 0.2) is 59.6 Å². The molecule has 1 aromatic heterocycles. The molecule has 1 saturated carbocycles. The van der Waals surface area contributed by atoms with Gasteiger partial charge in [-0.3, -0.25) is 9.59 Å². The molecule has 2 aromatic carbocycles. The Morgan fingerprint density at radius 1 is 1.12 bits per heavy atom. The van der Waals surface area contributed by atoms with Crippen molar-refractivity contribution in [3.63, 3.8) is 0 Å². The Morgan fingerprint density at radius 2 is 1.82 bits per heavy atom. The highest BCUT2D eigenvalue weighted by Crippen LogP contribution is 2.40. The molecule has 0 spiro atoms. The van der Waals surface area contributed by atoms with E-state index >= 15 is 0 Å². The first-order valence-electron chi connectivity index (χ1n) is 11.6. The fourth-order valence-corrected chi connectivity index (χ4v) is 6.05. The van der Waals surface area contributed by atoms with Gasteiger partial charge in [-0.15, -0.1) is 0 Å². The second kappa shape index (κ2) is 9.84. The number of halogens is 1. The summed E-state index contributed by atoms with van der Waals surface area (Å²) < 4.78 is 1.87. The maximum absolute atomic E-state index is 13.8. The summed E-state index contributed by atoms with van der Waals surface area (Å²) in [4.78, 5) is 28.9. The minimum atomic E-state index is -0.744. The highest BCUT2D eigenvalue weighted by molar-refractivity contribution is 8.00. The number of fused-ring (bicyclic) bond motifs is 1. The van der Waals surface area contributed by atoms with Gasteiger partial charge in [-0.05, 0) is 49.6 Å². The molecule has 2 heterocycles. The van der Waals surface area contributed by atoms with Gasteiger partial charge in [-0.2, -0.15) is 5.10 Å². The number of carbonyl (C=O) groups excluding carboxylic acids is 2. The zero-order chi connectivity index (χ0) is 23.7. The van der Waals surface area contributed by atoms with Crippen LogP contribution in [-0.2, 0) is 16.1 Å². The highest BCUT2D eigenvalue weighted by Gasteiger charge is 2.40. The number of thioether (sulfide) groups is 1. The number of benzene rings is 2. The average Bonchev–Trinajstić information content (AvgIpc) is 3.43. The number of carbonyl (C=O) groups is 2. The first-order chi connectivity index (χ1) is 16.5. The van der Waals surface area contributed by atoms with E-state index < -0.39 is 6.04 Å². The number of nitrogens with one attached hydrogen (secondary N) is 1. The normalized spacial score (nSPS) is 18.6. The Labute approximate surface area is 208 Å². The molecule has 1 aliphatic carbocycles. The predicted molar refractivity (Wildman–Crippen MR) is 134 cm³/mol. The smallest absolute Gasteiger partial charge is 0.247 e. The minimum absolute atomic E-state index is 0.0678. The summed E-state index contributed by atoms with van der Waals surface area (Å²) in [6.45, 7) is 2.25. The van der Waals surface area contributed by atoms with Crippen LogP contribution >= 0.6 is 23.4 Å². The number of aromatic nitrogens is 2. The topological polar surface area (TPSA) is 67.2 Å². The van der Waals surface area contributed by atoms with Gasteiger partial charge < -0.3 is 10.2 Å². The van der Waals surface area contributed by atoms with Gasteiger partial charge in [0, 0.05) is 23.2 Å². The predicted octanol–water partition coefficient (Wildman–Crippen LogP) is 5.07. The number of nitrogens with zero attached hydrogens (tertiary/aromatic N) is 3. The number of aryl methyl sites for hydroxylation is 1. The zero-order valence-corrected chi connectivity index (χ0v) is 20.6. The first kappa shape index (κ1) is 23.0. The average molecular weight is 495 g/mol. The lowest BCUT2D eigenvalue weighted by atomic mass is 10.0. The molecule has 2 amide bonds. The van der Waals surface area contributed by atoms with E-state index in [4.69, 9.17) is 16.7 Å². The van der Waals surface area contributed by atoms with Gasteiger partial charge in [0.1, 0.15) is 11.1 Å². The molecule has 1 fully saturated rings. The lowest BCUT2D eigenvalue weighted by Gasteiger charge is -2.30. The molecule has 0 unspecified atom stereocenters. The molecule has 0 bridgehead atoms. The Morgan fingerprint density at radius 3 is 2.53 bits per heavy atom. The quantitative estimate of drug-likeness (QED) is 0.537. The minimum Gasteiger partial charge on any atom is -0.351 e. The standard InChI is InChI=1S/C26H27ClN4O2S/c1-17-23-24(25(33)28-20-7-5-6-8-20)30(15-18-11-13-19(27)14-12-18)22(32)16-34-26(23)31(29-17)21-9-3-2-4-10-21/h2-4,9-14,20,24H,5-8,15-16H2,1H3,(H,28,33)/t24-/m0/s1. The molecule has 3 aromatic rings. The van der Waals surface area contributed by atoms with Crippen LogP contribution in [0.3, 0.4) is 0 Å². The fourth-order valence-electron chi connectivity index (χ4n) is 4.82. The molecule has 5 rings (SSSR count). The summed E-state index contributed by atoms with van der Waals surface area (Å²) in [5, 5.41) is 9.53. The molecule has 1 aliphatic heterocycles. The molecule has 1 atom stereocenters. The summed E-state index contributed by atoms with van der Waals surface area (Å²) in [5.41, 5.74) is 3.41. The van der Waals surface area contributed by atoms with Gasteiger partial charge in [0.15, 0.2) is 0 Å². The van der Waals surface area contributed by atoms with Gasteiger partial charge in [0.05, 0.1) is 17.1 Å². The third kappa shape index (κ3) is 4.59. The second-order valence-corrected chi connectivity index (χ2v) is 10.3. The molecule has 6 nitrogen and oxygen atoms in total. The van der Waals surface area contributed by atoms with E-state index in [-0.39, 0.29) is 23.6 Å². The molecule has 0 saturated heterocycles. The Balaban J connectivity index is 1.58. The zero-order valence-electron chi connectivity index (χ0n) is 19.0. The molecule has 8 heteroatoms. The van der Waals surface area contributed by atoms with Gasteiger partial charge in [-0.1, -0.05) is 66.5 Å². The van der Waals surface area contributed by atoms with E-state index in [9.17, 15) is 9.59 Å². The van der Waals surface area contributed by atoms with Crippen LogP contribution in [0.1, 0.15) is 48.5 Å². The van der Waals surface area contributed by atoms with Crippen molar-refractivity contribution in [3.05, 3.63) is 76.4 Å². The number of amides is 2. The molecule has 2 aliphatic rings. The van der Waals surface area contributed by atoms with Crippen LogP contribution in [0.2, 0.25) is 5.02 Å². The Hall–Kier alpha value is -2.77. The lowest BCUT2D eigenvalue weighted by Crippen LogP contribution is -2.46. The van der Waals surface area contributed by atoms with Crippen LogP contribution in [0.4, 0.5) is 0 Å². The molecule has 34 heavy (non-hydrogen) atoms. The van der Waals surface area contributed by atoms with Crippen LogP contribution in [0.25, 0.3) is 5.69 Å². The summed E-state index contributed by atoms with van der Waals surface area (Å²) in [6, 6.07) is 16.7. The van der Waals surface area contributed by atoms with Crippen molar-refractivity contribution in [2.24, 2.45) is 0 Å². The van der Waals surface area contributed by atoms with Crippen molar-refractivity contribution in [1.29, 1.82) is 0 Å². The fraction of sp³-hybridized carbons (Fsp3) is 0.346. The number of hydrogen-bond acceptors (Lipinski definition) is 4. The van der Waals surface area contributed by atoms with Gasteiger partial charge in [0.25, 0.3) is 0 Å². The molecular weight excluding hydrogens is 468 g/mol. The van der Waals surface area contributed by atoms with Crippen molar-refractivity contribution in [2.75, 3.05) is 5.75 Å². The molecule has 1 N–H and O–H groups in total. The van der Waals surface area contributed by atoms with E-state index in [0.29, 0.717) is 11.6 Å². The SMILES string of the molecule is Cc1nn(-c2ccccc2)c2c1[C@@H](C(=O)NC1CCCC1)N(Cc1ccc(Cl)cc1)C(=O)CS2. The third-order valence-corrected chi connectivity index (χ3v) is 7.83. The van der Waals surface area contributed by atoms with Crippen molar-refractivity contribution in [2.45, 2.75) is 56.3 Å². The number of hydrogen-bond donors (Lipinski definition) is 1. The van der Waals surface area contributed by atoms with Crippen LogP contribution in [0.5, 0.6) is 0 Å². The maximum atomic E-state index is 13.8. The van der Waals surface area contributed by atoms with Gasteiger partial charge in [0.2, 0.25) is 11.8 Å². The third-order valence-electron chi connectivity index (χ3n) is 6.52. The number of rotatable bonds is 5. The van der Waals surface area contributed by atoms with E-state index in [2.05, 4.69) is 5.32 Å². The summed E-state index contributed by atoms with van der Waals surface area (Å²) in [5.74, 6) is 0.0431. The largest absolute Gasteiger partial charge is 0.351 e. The van der Waals surface area contributed by atoms with Crippen molar-refractivity contribution in [3.8, 4) is 5.69 Å². The number of para-hydroxylation sites is 1. The van der Waals surface area contributed by atoms with Crippen molar-refractivity contribution in [1.82, 2.24) is 20.0 Å². The van der Waals surface area contributed by atoms with Gasteiger partial charge in [-0.25, -0.2) is 4.68 Å². The van der Waals surface area contributed by atoms with Crippen molar-refractivity contribution >= 4 is 35.2 Å². The van der Waals surface area contributed by atoms with Crippen LogP contribution < -0.4 is 5.32 Å². The Bertz CT molecular complexity index is 1190. The van der Waals surface area contributed by atoms with Crippen molar-refractivity contribution < 1.29 is 9.59 Å². The monoisotopic (exact) mass is 494 g/mol. The van der Waals surface area contributed by atoms with E-state index in [1.165, 1.54) is 11.8 Å². The highest BCUT2D eigenvalue weighted by atomic mass is 35.5. The molecular formula is C26H27ClN4O2S. The summed E-state index contributed by atoms with van der Waals surface area (Å²) in [7, 11) is 0. The molecule has 176 valence electrons. The second-order valence-electron chi connectivity index (χ2n) is 8.88. The Kier molecular flexibility index (Phi) is 6.66.